The quantitative estimate of drug-likeness (QED) is 0.519. The number of benzene rings is 1. The van der Waals surface area contributed by atoms with Crippen LogP contribution in [0.3, 0.4) is 0 Å². The Labute approximate surface area is 163 Å². The summed E-state index contributed by atoms with van der Waals surface area (Å²) in [6.45, 7) is 3.00. The maximum absolute atomic E-state index is 13.1. The van der Waals surface area contributed by atoms with Crippen molar-refractivity contribution in [3.05, 3.63) is 47.7 Å². The van der Waals surface area contributed by atoms with Crippen molar-refractivity contribution in [2.24, 2.45) is 7.05 Å². The molecule has 0 unspecified atom stereocenters. The van der Waals surface area contributed by atoms with Gasteiger partial charge in [0.1, 0.15) is 11.3 Å². The highest BCUT2D eigenvalue weighted by molar-refractivity contribution is 7.21. The number of carbonyl (C=O) groups excluding carboxylic acids is 1. The largest absolute Gasteiger partial charge is 0.327 e. The molecule has 1 amide bonds. The van der Waals surface area contributed by atoms with Gasteiger partial charge < -0.3 is 9.47 Å². The molecule has 3 aromatic heterocycles. The van der Waals surface area contributed by atoms with E-state index in [2.05, 4.69) is 20.3 Å². The lowest BCUT2D eigenvalue weighted by atomic mass is 10.1. The summed E-state index contributed by atoms with van der Waals surface area (Å²) in [6.07, 6.45) is 1.87. The highest BCUT2D eigenvalue weighted by atomic mass is 32.1. The molecule has 1 aliphatic rings. The van der Waals surface area contributed by atoms with Gasteiger partial charge in [-0.1, -0.05) is 11.3 Å². The van der Waals surface area contributed by atoms with E-state index in [0.29, 0.717) is 30.3 Å². The van der Waals surface area contributed by atoms with Gasteiger partial charge in [0.25, 0.3) is 5.91 Å². The van der Waals surface area contributed by atoms with Crippen LogP contribution in [0.2, 0.25) is 0 Å². The van der Waals surface area contributed by atoms with Crippen LogP contribution in [0.25, 0.3) is 21.2 Å². The number of hydrogen-bond donors (Lipinski definition) is 0. The number of amides is 1. The van der Waals surface area contributed by atoms with Gasteiger partial charge in [-0.25, -0.2) is 9.37 Å². The molecule has 4 heterocycles. The maximum Gasteiger partial charge on any atom is 0.254 e. The number of hydrogen-bond acceptors (Lipinski definition) is 6. The van der Waals surface area contributed by atoms with Gasteiger partial charge in [0.05, 0.1) is 12.2 Å². The minimum Gasteiger partial charge on any atom is -0.327 e. The predicted octanol–water partition coefficient (Wildman–Crippen LogP) is 2.64. The summed E-state index contributed by atoms with van der Waals surface area (Å²) in [6, 6.07) is 5.35. The second-order valence-electron chi connectivity index (χ2n) is 6.73. The lowest BCUT2D eigenvalue weighted by Crippen LogP contribution is -2.41. The fourth-order valence-corrected chi connectivity index (χ4v) is 4.45. The van der Waals surface area contributed by atoms with Crippen LogP contribution in [-0.2, 0) is 13.6 Å². The zero-order chi connectivity index (χ0) is 19.4. The van der Waals surface area contributed by atoms with Gasteiger partial charge in [-0.3, -0.25) is 9.48 Å². The zero-order valence-corrected chi connectivity index (χ0v) is 16.0. The van der Waals surface area contributed by atoms with Crippen molar-refractivity contribution < 1.29 is 9.18 Å². The van der Waals surface area contributed by atoms with Crippen LogP contribution in [0.1, 0.15) is 29.1 Å². The molecular weight excluding hydrogens is 381 g/mol. The van der Waals surface area contributed by atoms with Crippen molar-refractivity contribution in [3.63, 3.8) is 0 Å². The van der Waals surface area contributed by atoms with Crippen LogP contribution in [0.15, 0.2) is 30.5 Å². The second kappa shape index (κ2) is 6.20. The van der Waals surface area contributed by atoms with Crippen LogP contribution >= 0.6 is 11.3 Å². The smallest absolute Gasteiger partial charge is 0.254 e. The summed E-state index contributed by atoms with van der Waals surface area (Å²) in [7, 11) is 1.86. The molecule has 8 nitrogen and oxygen atoms in total. The molecule has 142 valence electrons. The van der Waals surface area contributed by atoms with Crippen molar-refractivity contribution in [2.45, 2.75) is 19.5 Å². The number of aromatic nitrogens is 6. The fourth-order valence-electron chi connectivity index (χ4n) is 3.50. The Balaban J connectivity index is 1.46. The van der Waals surface area contributed by atoms with Gasteiger partial charge in [-0.15, -0.1) is 10.2 Å². The zero-order valence-electron chi connectivity index (χ0n) is 15.2. The van der Waals surface area contributed by atoms with Gasteiger partial charge in [-0.2, -0.15) is 5.10 Å². The van der Waals surface area contributed by atoms with E-state index < -0.39 is 0 Å². The maximum atomic E-state index is 13.1. The second-order valence-corrected chi connectivity index (χ2v) is 7.70. The summed E-state index contributed by atoms with van der Waals surface area (Å²) >= 11 is 1.47. The van der Waals surface area contributed by atoms with Gasteiger partial charge in [0.2, 0.25) is 0 Å². The normalized spacial score (nSPS) is 16.5. The van der Waals surface area contributed by atoms with E-state index in [1.54, 1.807) is 9.58 Å². The van der Waals surface area contributed by atoms with Gasteiger partial charge >= 0.3 is 0 Å². The van der Waals surface area contributed by atoms with E-state index in [1.807, 2.05) is 24.7 Å². The summed E-state index contributed by atoms with van der Waals surface area (Å²) in [5.74, 6) is 0.901. The summed E-state index contributed by atoms with van der Waals surface area (Å²) in [4.78, 5) is 20.1. The molecule has 0 bridgehead atoms. The molecule has 0 N–H and O–H groups in total. The average Bonchev–Trinajstić information content (AvgIpc) is 3.34. The van der Waals surface area contributed by atoms with Crippen LogP contribution in [0.4, 0.5) is 4.39 Å². The molecule has 1 aromatic carbocycles. The minimum absolute atomic E-state index is 0.145. The lowest BCUT2D eigenvalue weighted by Gasteiger charge is -2.33. The molecule has 10 heteroatoms. The number of aryl methyl sites for hydroxylation is 1. The minimum atomic E-state index is -0.363. The summed E-state index contributed by atoms with van der Waals surface area (Å²) in [5, 5.41) is 13.8. The van der Waals surface area contributed by atoms with Crippen LogP contribution in [-0.4, -0.2) is 46.9 Å². The Morgan fingerprint density at radius 1 is 1.21 bits per heavy atom. The molecule has 4 aromatic rings. The molecule has 5 rings (SSSR count). The van der Waals surface area contributed by atoms with E-state index in [4.69, 9.17) is 0 Å². The first-order valence-corrected chi connectivity index (χ1v) is 9.63. The number of carbonyl (C=O) groups is 1. The Bertz CT molecular complexity index is 1160. The third kappa shape index (κ3) is 2.60. The number of fused-ring (bicyclic) bond motifs is 2. The molecule has 0 radical (unpaired) electrons. The molecular formula is C18H16FN7OS. The summed E-state index contributed by atoms with van der Waals surface area (Å²) in [5.41, 5.74) is 1.29. The highest BCUT2D eigenvalue weighted by Crippen LogP contribution is 2.32. The average molecular weight is 397 g/mol. The van der Waals surface area contributed by atoms with Gasteiger partial charge in [0.15, 0.2) is 21.5 Å². The van der Waals surface area contributed by atoms with Crippen LogP contribution < -0.4 is 0 Å². The van der Waals surface area contributed by atoms with E-state index >= 15 is 0 Å². The van der Waals surface area contributed by atoms with Crippen LogP contribution in [0.5, 0.6) is 0 Å². The molecule has 0 saturated heterocycles. The van der Waals surface area contributed by atoms with E-state index in [9.17, 15) is 9.18 Å². The van der Waals surface area contributed by atoms with Crippen molar-refractivity contribution in [1.29, 1.82) is 0 Å². The van der Waals surface area contributed by atoms with E-state index in [-0.39, 0.29) is 17.8 Å². The number of thiazole rings is 1. The molecule has 0 fully saturated rings. The molecule has 0 spiro atoms. The molecule has 0 aliphatic carbocycles. The third-order valence-electron chi connectivity index (χ3n) is 4.92. The molecule has 1 atom stereocenters. The predicted molar refractivity (Wildman–Crippen MR) is 101 cm³/mol. The van der Waals surface area contributed by atoms with Crippen molar-refractivity contribution >= 4 is 27.6 Å². The Morgan fingerprint density at radius 3 is 2.75 bits per heavy atom. The number of nitrogens with zero attached hydrogens (tertiary/aromatic N) is 7. The number of halogens is 1. The first-order chi connectivity index (χ1) is 13.5. The first-order valence-electron chi connectivity index (χ1n) is 8.81. The molecule has 1 aliphatic heterocycles. The first kappa shape index (κ1) is 17.0. The van der Waals surface area contributed by atoms with Crippen LogP contribution in [0, 0.1) is 5.82 Å². The van der Waals surface area contributed by atoms with Gasteiger partial charge in [0, 0.05) is 25.7 Å². The van der Waals surface area contributed by atoms with Crippen molar-refractivity contribution in [2.75, 3.05) is 6.54 Å². The van der Waals surface area contributed by atoms with Crippen molar-refractivity contribution in [1.82, 2.24) is 34.4 Å². The number of rotatable bonds is 2. The van der Waals surface area contributed by atoms with E-state index in [1.165, 1.54) is 35.6 Å². The Kier molecular flexibility index (Phi) is 3.76. The Morgan fingerprint density at radius 2 is 2.00 bits per heavy atom. The standard InChI is InChI=1S/C18H16FN7OS/c1-10-14-21-22-15(17-20-13-9-24(2)23-16(13)28-17)26(14)8-7-25(10)18(27)11-3-5-12(19)6-4-11/h3-6,9-10H,7-8H2,1-2H3/t10-/m1/s1. The van der Waals surface area contributed by atoms with Gasteiger partial charge in [-0.05, 0) is 31.2 Å². The molecule has 0 saturated carbocycles. The SMILES string of the molecule is C[C@@H]1c2nnc(-c3nc4cn(C)nc4s3)n2CCN1C(=O)c1ccc(F)cc1. The fraction of sp³-hybridized carbons (Fsp3) is 0.278. The summed E-state index contributed by atoms with van der Waals surface area (Å²) < 4.78 is 16.9. The third-order valence-corrected chi connectivity index (χ3v) is 5.87. The van der Waals surface area contributed by atoms with E-state index in [0.717, 1.165) is 15.4 Å². The highest BCUT2D eigenvalue weighted by Gasteiger charge is 2.32. The topological polar surface area (TPSA) is 81.7 Å². The monoisotopic (exact) mass is 397 g/mol. The molecule has 28 heavy (non-hydrogen) atoms. The van der Waals surface area contributed by atoms with Crippen molar-refractivity contribution in [3.8, 4) is 10.8 Å². The Hall–Kier alpha value is -3.14. The lowest BCUT2D eigenvalue weighted by molar-refractivity contribution is 0.0638.